The number of carbonyl (C=O) groups is 1. The van der Waals surface area contributed by atoms with Crippen molar-refractivity contribution >= 4 is 5.97 Å². The van der Waals surface area contributed by atoms with Crippen molar-refractivity contribution in [2.45, 2.75) is 69.5 Å². The summed E-state index contributed by atoms with van der Waals surface area (Å²) in [5.41, 5.74) is 2.93. The Hall–Kier alpha value is -1.39. The Balaban J connectivity index is 1.20. The van der Waals surface area contributed by atoms with Gasteiger partial charge in [0.25, 0.3) is 0 Å². The van der Waals surface area contributed by atoms with E-state index < -0.39 is 5.97 Å². The molecule has 3 saturated carbocycles. The lowest BCUT2D eigenvalue weighted by Crippen LogP contribution is -2.57. The molecule has 3 aliphatic rings. The molecule has 2 N–H and O–H groups in total. The van der Waals surface area contributed by atoms with Gasteiger partial charge in [-0.3, -0.25) is 9.69 Å². The molecule has 0 radical (unpaired) electrons. The maximum atomic E-state index is 11.1. The highest BCUT2D eigenvalue weighted by atomic mass is 16.4. The van der Waals surface area contributed by atoms with E-state index in [0.717, 1.165) is 25.3 Å². The van der Waals surface area contributed by atoms with E-state index in [1.54, 1.807) is 0 Å². The van der Waals surface area contributed by atoms with Crippen LogP contribution in [0.5, 0.6) is 0 Å². The van der Waals surface area contributed by atoms with Gasteiger partial charge >= 0.3 is 5.97 Å². The summed E-state index contributed by atoms with van der Waals surface area (Å²) in [7, 11) is 0. The quantitative estimate of drug-likeness (QED) is 0.762. The molecule has 0 bridgehead atoms. The van der Waals surface area contributed by atoms with Crippen molar-refractivity contribution in [2.75, 3.05) is 13.1 Å². The first-order valence-electron chi connectivity index (χ1n) is 9.86. The Morgan fingerprint density at radius 3 is 2.48 bits per heavy atom. The molecule has 136 valence electrons. The molecule has 3 fully saturated rings. The number of carboxylic acids is 1. The van der Waals surface area contributed by atoms with E-state index in [1.165, 1.54) is 36.8 Å². The van der Waals surface area contributed by atoms with Gasteiger partial charge in [0.1, 0.15) is 0 Å². The van der Waals surface area contributed by atoms with Crippen LogP contribution in [0.1, 0.15) is 55.6 Å². The highest BCUT2D eigenvalue weighted by molar-refractivity contribution is 5.69. The fourth-order valence-corrected chi connectivity index (χ4v) is 4.56. The smallest absolute Gasteiger partial charge is 0.317 e. The van der Waals surface area contributed by atoms with E-state index in [9.17, 15) is 4.79 Å². The molecule has 4 rings (SSSR count). The molecule has 4 nitrogen and oxygen atoms in total. The third-order valence-electron chi connectivity index (χ3n) is 6.40. The summed E-state index contributed by atoms with van der Waals surface area (Å²) in [6, 6.07) is 10.5. The minimum Gasteiger partial charge on any atom is -0.480 e. The summed E-state index contributed by atoms with van der Waals surface area (Å²) in [6.07, 6.45) is 7.29. The SMILES string of the molecule is Cc1ccccc1C1CC(NC2CC(N(CC(=O)O)CC3CC3)C2)C1. The van der Waals surface area contributed by atoms with Gasteiger partial charge in [0.15, 0.2) is 0 Å². The predicted molar refractivity (Wildman–Crippen MR) is 98.8 cm³/mol. The molecule has 0 aliphatic heterocycles. The van der Waals surface area contributed by atoms with E-state index in [0.29, 0.717) is 24.0 Å². The zero-order valence-corrected chi connectivity index (χ0v) is 15.2. The van der Waals surface area contributed by atoms with Gasteiger partial charge in [-0.05, 0) is 68.4 Å². The molecular formula is C21H30N2O2. The van der Waals surface area contributed by atoms with E-state index >= 15 is 0 Å². The van der Waals surface area contributed by atoms with Gasteiger partial charge in [-0.15, -0.1) is 0 Å². The largest absolute Gasteiger partial charge is 0.480 e. The van der Waals surface area contributed by atoms with Crippen LogP contribution in [0, 0.1) is 12.8 Å². The van der Waals surface area contributed by atoms with Crippen LogP contribution in [0.15, 0.2) is 24.3 Å². The number of aliphatic carboxylic acids is 1. The minimum atomic E-state index is -0.683. The number of nitrogens with zero attached hydrogens (tertiary/aromatic N) is 1. The molecular weight excluding hydrogens is 312 g/mol. The van der Waals surface area contributed by atoms with E-state index in [-0.39, 0.29) is 6.54 Å². The summed E-state index contributed by atoms with van der Waals surface area (Å²) < 4.78 is 0. The average molecular weight is 342 g/mol. The summed E-state index contributed by atoms with van der Waals surface area (Å²) >= 11 is 0. The Labute approximate surface area is 150 Å². The highest BCUT2D eigenvalue weighted by Gasteiger charge is 2.40. The molecule has 0 aromatic heterocycles. The molecule has 1 aromatic carbocycles. The first-order valence-corrected chi connectivity index (χ1v) is 9.86. The molecule has 25 heavy (non-hydrogen) atoms. The number of nitrogens with one attached hydrogen (secondary N) is 1. The second-order valence-electron chi connectivity index (χ2n) is 8.48. The van der Waals surface area contributed by atoms with Crippen LogP contribution in [-0.4, -0.2) is 47.2 Å². The van der Waals surface area contributed by atoms with Crippen LogP contribution in [0.4, 0.5) is 0 Å². The zero-order valence-electron chi connectivity index (χ0n) is 15.2. The molecule has 0 spiro atoms. The first kappa shape index (κ1) is 17.0. The van der Waals surface area contributed by atoms with Gasteiger partial charge in [-0.25, -0.2) is 0 Å². The van der Waals surface area contributed by atoms with Gasteiger partial charge in [-0.2, -0.15) is 0 Å². The van der Waals surface area contributed by atoms with Crippen molar-refractivity contribution in [3.8, 4) is 0 Å². The second kappa shape index (κ2) is 7.08. The minimum absolute atomic E-state index is 0.215. The number of carboxylic acid groups (broad SMARTS) is 1. The highest BCUT2D eigenvalue weighted by Crippen LogP contribution is 2.40. The number of hydrogen-bond donors (Lipinski definition) is 2. The third kappa shape index (κ3) is 4.06. The lowest BCUT2D eigenvalue weighted by molar-refractivity contribution is -0.139. The standard InChI is InChI=1S/C21H30N2O2/c1-14-4-2-3-5-20(14)16-8-17(9-16)22-18-10-19(11-18)23(13-21(24)25)12-15-6-7-15/h2-5,15-19,22H,6-13H2,1H3,(H,24,25). The maximum absolute atomic E-state index is 11.1. The predicted octanol–water partition coefficient (Wildman–Crippen LogP) is 3.16. The molecule has 0 atom stereocenters. The van der Waals surface area contributed by atoms with E-state index in [1.807, 2.05) is 0 Å². The number of rotatable bonds is 8. The van der Waals surface area contributed by atoms with Crippen molar-refractivity contribution in [3.05, 3.63) is 35.4 Å². The van der Waals surface area contributed by atoms with Crippen molar-refractivity contribution < 1.29 is 9.90 Å². The molecule has 3 aliphatic carbocycles. The van der Waals surface area contributed by atoms with Gasteiger partial charge < -0.3 is 10.4 Å². The Kier molecular flexibility index (Phi) is 4.83. The lowest BCUT2D eigenvalue weighted by atomic mass is 9.73. The van der Waals surface area contributed by atoms with Crippen LogP contribution in [-0.2, 0) is 4.79 Å². The molecule has 0 saturated heterocycles. The number of benzene rings is 1. The molecule has 0 unspecified atom stereocenters. The normalized spacial score (nSPS) is 31.4. The topological polar surface area (TPSA) is 52.6 Å². The summed E-state index contributed by atoms with van der Waals surface area (Å²) in [4.78, 5) is 13.3. The monoisotopic (exact) mass is 342 g/mol. The Morgan fingerprint density at radius 1 is 1.16 bits per heavy atom. The molecule has 0 amide bonds. The van der Waals surface area contributed by atoms with Crippen molar-refractivity contribution in [1.82, 2.24) is 10.2 Å². The average Bonchev–Trinajstić information content (AvgIpc) is 3.28. The molecule has 4 heteroatoms. The van der Waals surface area contributed by atoms with Crippen LogP contribution in [0.25, 0.3) is 0 Å². The Morgan fingerprint density at radius 2 is 1.84 bits per heavy atom. The van der Waals surface area contributed by atoms with Crippen LogP contribution < -0.4 is 5.32 Å². The fourth-order valence-electron chi connectivity index (χ4n) is 4.56. The fraction of sp³-hybridized carbons (Fsp3) is 0.667. The van der Waals surface area contributed by atoms with Gasteiger partial charge in [0.05, 0.1) is 6.54 Å². The van der Waals surface area contributed by atoms with Gasteiger partial charge in [0.2, 0.25) is 0 Å². The van der Waals surface area contributed by atoms with Crippen molar-refractivity contribution in [3.63, 3.8) is 0 Å². The van der Waals surface area contributed by atoms with Crippen LogP contribution in [0.2, 0.25) is 0 Å². The van der Waals surface area contributed by atoms with Gasteiger partial charge in [0, 0.05) is 24.7 Å². The number of hydrogen-bond acceptors (Lipinski definition) is 3. The van der Waals surface area contributed by atoms with Crippen molar-refractivity contribution in [2.24, 2.45) is 5.92 Å². The summed E-state index contributed by atoms with van der Waals surface area (Å²) in [6.45, 7) is 3.42. The zero-order chi connectivity index (χ0) is 17.4. The second-order valence-corrected chi connectivity index (χ2v) is 8.48. The van der Waals surface area contributed by atoms with Crippen LogP contribution >= 0.6 is 0 Å². The summed E-state index contributed by atoms with van der Waals surface area (Å²) in [5, 5.41) is 13.0. The maximum Gasteiger partial charge on any atom is 0.317 e. The lowest BCUT2D eigenvalue weighted by Gasteiger charge is -2.47. The van der Waals surface area contributed by atoms with E-state index in [2.05, 4.69) is 41.4 Å². The van der Waals surface area contributed by atoms with Crippen LogP contribution in [0.3, 0.4) is 0 Å². The first-order chi connectivity index (χ1) is 12.1. The van der Waals surface area contributed by atoms with Crippen molar-refractivity contribution in [1.29, 1.82) is 0 Å². The van der Waals surface area contributed by atoms with E-state index in [4.69, 9.17) is 5.11 Å². The Bertz CT molecular complexity index is 616. The van der Waals surface area contributed by atoms with Gasteiger partial charge in [-0.1, -0.05) is 24.3 Å². The number of aryl methyl sites for hydroxylation is 1. The third-order valence-corrected chi connectivity index (χ3v) is 6.40. The molecule has 1 aromatic rings. The summed E-state index contributed by atoms with van der Waals surface area (Å²) in [5.74, 6) is 0.790. The molecule has 0 heterocycles.